The van der Waals surface area contributed by atoms with Gasteiger partial charge in [-0.3, -0.25) is 9.58 Å². The Hall–Kier alpha value is -0.870. The monoisotopic (exact) mass is 194 g/mol. The lowest BCUT2D eigenvalue weighted by Crippen LogP contribution is -2.33. The van der Waals surface area contributed by atoms with E-state index in [1.54, 1.807) is 0 Å². The van der Waals surface area contributed by atoms with E-state index in [1.807, 2.05) is 17.9 Å². The SMILES string of the molecule is CN(Cc1ccn(C)n1)C1CCNC1. The zero-order valence-corrected chi connectivity index (χ0v) is 8.90. The average molecular weight is 194 g/mol. The highest BCUT2D eigenvalue weighted by Crippen LogP contribution is 2.09. The normalized spacial score (nSPS) is 22.1. The number of nitrogens with zero attached hydrogens (tertiary/aromatic N) is 3. The summed E-state index contributed by atoms with van der Waals surface area (Å²) in [4.78, 5) is 2.38. The van der Waals surface area contributed by atoms with Gasteiger partial charge in [-0.1, -0.05) is 0 Å². The van der Waals surface area contributed by atoms with Gasteiger partial charge in [0.05, 0.1) is 5.69 Å². The Labute approximate surface area is 84.9 Å². The number of aryl methyl sites for hydroxylation is 1. The molecular formula is C10H18N4. The first-order valence-corrected chi connectivity index (χ1v) is 5.15. The molecular weight excluding hydrogens is 176 g/mol. The molecule has 1 fully saturated rings. The summed E-state index contributed by atoms with van der Waals surface area (Å²) in [7, 11) is 4.13. The molecule has 0 saturated carbocycles. The van der Waals surface area contributed by atoms with Crippen LogP contribution in [-0.4, -0.2) is 40.9 Å². The van der Waals surface area contributed by atoms with E-state index >= 15 is 0 Å². The number of likely N-dealkylation sites (N-methyl/N-ethyl adjacent to an activating group) is 1. The molecule has 1 unspecified atom stereocenters. The Morgan fingerprint density at radius 1 is 1.71 bits per heavy atom. The average Bonchev–Trinajstić information content (AvgIpc) is 2.75. The molecule has 1 aromatic heterocycles. The van der Waals surface area contributed by atoms with Gasteiger partial charge in [-0.25, -0.2) is 0 Å². The summed E-state index contributed by atoms with van der Waals surface area (Å²) in [6.07, 6.45) is 3.25. The lowest BCUT2D eigenvalue weighted by Gasteiger charge is -2.22. The zero-order chi connectivity index (χ0) is 9.97. The van der Waals surface area contributed by atoms with Crippen molar-refractivity contribution in [1.82, 2.24) is 20.0 Å². The largest absolute Gasteiger partial charge is 0.315 e. The first-order valence-electron chi connectivity index (χ1n) is 5.15. The van der Waals surface area contributed by atoms with E-state index in [2.05, 4.69) is 28.4 Å². The van der Waals surface area contributed by atoms with E-state index in [4.69, 9.17) is 0 Å². The Morgan fingerprint density at radius 3 is 3.14 bits per heavy atom. The molecule has 0 spiro atoms. The third-order valence-electron chi connectivity index (χ3n) is 2.84. The number of hydrogen-bond donors (Lipinski definition) is 1. The van der Waals surface area contributed by atoms with E-state index in [0.29, 0.717) is 6.04 Å². The van der Waals surface area contributed by atoms with Gasteiger partial charge in [0.2, 0.25) is 0 Å². The maximum Gasteiger partial charge on any atom is 0.0764 e. The van der Waals surface area contributed by atoms with E-state index in [0.717, 1.165) is 25.3 Å². The van der Waals surface area contributed by atoms with Gasteiger partial charge in [0.1, 0.15) is 0 Å². The summed E-state index contributed by atoms with van der Waals surface area (Å²) in [5.41, 5.74) is 1.15. The van der Waals surface area contributed by atoms with Crippen LogP contribution in [0.25, 0.3) is 0 Å². The summed E-state index contributed by atoms with van der Waals surface area (Å²) in [6.45, 7) is 3.22. The van der Waals surface area contributed by atoms with Crippen molar-refractivity contribution in [2.45, 2.75) is 19.0 Å². The Kier molecular flexibility index (Phi) is 2.84. The van der Waals surface area contributed by atoms with Gasteiger partial charge in [0, 0.05) is 32.4 Å². The molecule has 0 bridgehead atoms. The van der Waals surface area contributed by atoms with Crippen molar-refractivity contribution in [2.75, 3.05) is 20.1 Å². The first kappa shape index (κ1) is 9.68. The molecule has 78 valence electrons. The Bertz CT molecular complexity index is 288. The molecule has 1 atom stereocenters. The Balaban J connectivity index is 1.90. The molecule has 0 radical (unpaired) electrons. The summed E-state index contributed by atoms with van der Waals surface area (Å²) in [6, 6.07) is 2.76. The quantitative estimate of drug-likeness (QED) is 0.747. The summed E-state index contributed by atoms with van der Waals surface area (Å²) in [5.74, 6) is 0. The first-order chi connectivity index (χ1) is 6.75. The van der Waals surface area contributed by atoms with Gasteiger partial charge in [-0.2, -0.15) is 5.10 Å². The standard InChI is InChI=1S/C10H18N4/c1-13(10-3-5-11-7-10)8-9-4-6-14(2)12-9/h4,6,10-11H,3,5,7-8H2,1-2H3. The van der Waals surface area contributed by atoms with E-state index in [-0.39, 0.29) is 0 Å². The molecule has 2 heterocycles. The van der Waals surface area contributed by atoms with Crippen LogP contribution >= 0.6 is 0 Å². The predicted octanol–water partition coefficient (Wildman–Crippen LogP) is 0.214. The van der Waals surface area contributed by atoms with Crippen LogP contribution in [0.4, 0.5) is 0 Å². The fourth-order valence-electron chi connectivity index (χ4n) is 1.95. The molecule has 1 aromatic rings. The lowest BCUT2D eigenvalue weighted by atomic mass is 10.2. The van der Waals surface area contributed by atoms with Crippen LogP contribution in [0.3, 0.4) is 0 Å². The van der Waals surface area contributed by atoms with Crippen molar-refractivity contribution in [2.24, 2.45) is 7.05 Å². The molecule has 1 N–H and O–H groups in total. The highest BCUT2D eigenvalue weighted by molar-refractivity contribution is 4.99. The number of hydrogen-bond acceptors (Lipinski definition) is 3. The minimum Gasteiger partial charge on any atom is -0.315 e. The van der Waals surface area contributed by atoms with Crippen molar-refractivity contribution >= 4 is 0 Å². The van der Waals surface area contributed by atoms with Crippen LogP contribution in [-0.2, 0) is 13.6 Å². The molecule has 1 aliphatic rings. The maximum atomic E-state index is 4.38. The summed E-state index contributed by atoms with van der Waals surface area (Å²) in [5, 5.41) is 7.75. The molecule has 1 aliphatic heterocycles. The van der Waals surface area contributed by atoms with Crippen LogP contribution in [0.15, 0.2) is 12.3 Å². The minimum absolute atomic E-state index is 0.678. The third kappa shape index (κ3) is 2.13. The molecule has 4 nitrogen and oxygen atoms in total. The van der Waals surface area contributed by atoms with Gasteiger partial charge in [-0.05, 0) is 26.1 Å². The van der Waals surface area contributed by atoms with Gasteiger partial charge < -0.3 is 5.32 Å². The van der Waals surface area contributed by atoms with Crippen LogP contribution in [0.5, 0.6) is 0 Å². The molecule has 1 saturated heterocycles. The van der Waals surface area contributed by atoms with Crippen molar-refractivity contribution in [3.05, 3.63) is 18.0 Å². The van der Waals surface area contributed by atoms with E-state index < -0.39 is 0 Å². The van der Waals surface area contributed by atoms with Crippen LogP contribution in [0, 0.1) is 0 Å². The minimum atomic E-state index is 0.678. The van der Waals surface area contributed by atoms with Crippen molar-refractivity contribution in [1.29, 1.82) is 0 Å². The van der Waals surface area contributed by atoms with Gasteiger partial charge in [0.15, 0.2) is 0 Å². The number of rotatable bonds is 3. The molecule has 0 amide bonds. The molecule has 4 heteroatoms. The predicted molar refractivity (Wildman–Crippen MR) is 55.9 cm³/mol. The van der Waals surface area contributed by atoms with E-state index in [9.17, 15) is 0 Å². The smallest absolute Gasteiger partial charge is 0.0764 e. The lowest BCUT2D eigenvalue weighted by molar-refractivity contribution is 0.245. The summed E-state index contributed by atoms with van der Waals surface area (Å²) >= 11 is 0. The van der Waals surface area contributed by atoms with Crippen LogP contribution < -0.4 is 5.32 Å². The topological polar surface area (TPSA) is 33.1 Å². The molecule has 0 aromatic carbocycles. The van der Waals surface area contributed by atoms with E-state index in [1.165, 1.54) is 6.42 Å². The van der Waals surface area contributed by atoms with Gasteiger partial charge in [0.25, 0.3) is 0 Å². The fourth-order valence-corrected chi connectivity index (χ4v) is 1.95. The maximum absolute atomic E-state index is 4.38. The van der Waals surface area contributed by atoms with Crippen LogP contribution in [0.1, 0.15) is 12.1 Å². The third-order valence-corrected chi connectivity index (χ3v) is 2.84. The van der Waals surface area contributed by atoms with Gasteiger partial charge >= 0.3 is 0 Å². The number of aromatic nitrogens is 2. The van der Waals surface area contributed by atoms with Crippen LogP contribution in [0.2, 0.25) is 0 Å². The highest BCUT2D eigenvalue weighted by Gasteiger charge is 2.19. The fraction of sp³-hybridized carbons (Fsp3) is 0.700. The molecule has 0 aliphatic carbocycles. The Morgan fingerprint density at radius 2 is 2.57 bits per heavy atom. The highest BCUT2D eigenvalue weighted by atomic mass is 15.3. The second-order valence-electron chi connectivity index (χ2n) is 4.04. The zero-order valence-electron chi connectivity index (χ0n) is 8.90. The van der Waals surface area contributed by atoms with Crippen molar-refractivity contribution in [3.8, 4) is 0 Å². The molecule has 2 rings (SSSR count). The van der Waals surface area contributed by atoms with Gasteiger partial charge in [-0.15, -0.1) is 0 Å². The summed E-state index contributed by atoms with van der Waals surface area (Å²) < 4.78 is 1.86. The van der Waals surface area contributed by atoms with Crippen molar-refractivity contribution in [3.63, 3.8) is 0 Å². The second-order valence-corrected chi connectivity index (χ2v) is 4.04. The van der Waals surface area contributed by atoms with Crippen molar-refractivity contribution < 1.29 is 0 Å². The second kappa shape index (κ2) is 4.11. The molecule has 14 heavy (non-hydrogen) atoms. The number of nitrogens with one attached hydrogen (secondary N) is 1.